The normalized spacial score (nSPS) is 31.9. The molecule has 2 aliphatic carbocycles. The van der Waals surface area contributed by atoms with Gasteiger partial charge in [0, 0.05) is 6.61 Å². The van der Waals surface area contributed by atoms with E-state index in [0.717, 1.165) is 24.4 Å². The van der Waals surface area contributed by atoms with Crippen LogP contribution >= 0.6 is 0 Å². The fourth-order valence-electron chi connectivity index (χ4n) is 4.83. The molecule has 0 bridgehead atoms. The summed E-state index contributed by atoms with van der Waals surface area (Å²) in [5.41, 5.74) is 0. The summed E-state index contributed by atoms with van der Waals surface area (Å²) in [6.07, 6.45) is 22.1. The van der Waals surface area contributed by atoms with Gasteiger partial charge >= 0.3 is 0 Å². The van der Waals surface area contributed by atoms with Crippen molar-refractivity contribution in [1.82, 2.24) is 0 Å². The van der Waals surface area contributed by atoms with Gasteiger partial charge in [-0.05, 0) is 75.5 Å². The Kier molecular flexibility index (Phi) is 9.34. The molecule has 0 saturated heterocycles. The quantitative estimate of drug-likeness (QED) is 0.314. The van der Waals surface area contributed by atoms with Gasteiger partial charge in [-0.15, -0.1) is 6.58 Å². The number of hydrogen-bond acceptors (Lipinski definition) is 1. The molecular formula is C22H40O. The molecule has 2 aliphatic rings. The van der Waals surface area contributed by atoms with Gasteiger partial charge in [-0.3, -0.25) is 0 Å². The highest BCUT2D eigenvalue weighted by Gasteiger charge is 2.30. The first-order valence-electron chi connectivity index (χ1n) is 10.6. The van der Waals surface area contributed by atoms with E-state index >= 15 is 0 Å². The van der Waals surface area contributed by atoms with Crippen molar-refractivity contribution in [1.29, 1.82) is 0 Å². The second kappa shape index (κ2) is 11.3. The second-order valence-corrected chi connectivity index (χ2v) is 8.12. The molecule has 0 N–H and O–H groups in total. The Morgan fingerprint density at radius 2 is 1.52 bits per heavy atom. The van der Waals surface area contributed by atoms with E-state index in [2.05, 4.69) is 19.6 Å². The van der Waals surface area contributed by atoms with Crippen LogP contribution in [-0.4, -0.2) is 12.7 Å². The molecule has 0 heterocycles. The van der Waals surface area contributed by atoms with Crippen LogP contribution in [0.1, 0.15) is 96.8 Å². The standard InChI is InChI=1S/C22H40O/c1-3-5-7-9-19-10-12-20(13-11-19)21-14-16-22(17-15-21)23-18-8-6-4-2/h3,19-22H,1,4-18H2,2H3. The molecule has 2 fully saturated rings. The Morgan fingerprint density at radius 1 is 0.870 bits per heavy atom. The number of hydrogen-bond donors (Lipinski definition) is 0. The van der Waals surface area contributed by atoms with Gasteiger partial charge in [0.05, 0.1) is 6.10 Å². The van der Waals surface area contributed by atoms with Crippen LogP contribution in [0, 0.1) is 17.8 Å². The maximum Gasteiger partial charge on any atom is 0.0575 e. The van der Waals surface area contributed by atoms with Crippen molar-refractivity contribution in [3.8, 4) is 0 Å². The minimum absolute atomic E-state index is 0.582. The summed E-state index contributed by atoms with van der Waals surface area (Å²) in [4.78, 5) is 0. The first kappa shape index (κ1) is 19.0. The van der Waals surface area contributed by atoms with Gasteiger partial charge in [-0.25, -0.2) is 0 Å². The highest BCUT2D eigenvalue weighted by atomic mass is 16.5. The summed E-state index contributed by atoms with van der Waals surface area (Å²) < 4.78 is 6.08. The van der Waals surface area contributed by atoms with E-state index in [1.807, 2.05) is 0 Å². The van der Waals surface area contributed by atoms with Crippen molar-refractivity contribution in [3.63, 3.8) is 0 Å². The number of allylic oxidation sites excluding steroid dienone is 1. The molecule has 0 aromatic carbocycles. The number of rotatable bonds is 10. The van der Waals surface area contributed by atoms with Crippen molar-refractivity contribution < 1.29 is 4.74 Å². The zero-order valence-corrected chi connectivity index (χ0v) is 15.6. The van der Waals surface area contributed by atoms with Crippen molar-refractivity contribution in [2.24, 2.45) is 17.8 Å². The van der Waals surface area contributed by atoms with E-state index in [1.165, 1.54) is 89.9 Å². The van der Waals surface area contributed by atoms with Crippen molar-refractivity contribution in [2.45, 2.75) is 103 Å². The monoisotopic (exact) mass is 320 g/mol. The minimum atomic E-state index is 0.582. The molecule has 2 saturated carbocycles. The van der Waals surface area contributed by atoms with Gasteiger partial charge in [0.25, 0.3) is 0 Å². The molecule has 0 amide bonds. The Labute approximate surface area is 145 Å². The molecule has 1 nitrogen and oxygen atoms in total. The highest BCUT2D eigenvalue weighted by molar-refractivity contribution is 4.82. The average molecular weight is 321 g/mol. The fourth-order valence-corrected chi connectivity index (χ4v) is 4.83. The van der Waals surface area contributed by atoms with Gasteiger partial charge < -0.3 is 4.74 Å². The lowest BCUT2D eigenvalue weighted by atomic mass is 9.70. The van der Waals surface area contributed by atoms with Gasteiger partial charge in [0.1, 0.15) is 0 Å². The Balaban J connectivity index is 1.56. The summed E-state index contributed by atoms with van der Waals surface area (Å²) in [5.74, 6) is 3.07. The summed E-state index contributed by atoms with van der Waals surface area (Å²) >= 11 is 0. The molecule has 0 aromatic heterocycles. The number of ether oxygens (including phenoxy) is 1. The van der Waals surface area contributed by atoms with Crippen LogP contribution in [0.4, 0.5) is 0 Å². The van der Waals surface area contributed by atoms with Gasteiger partial charge in [0.15, 0.2) is 0 Å². The third-order valence-electron chi connectivity index (χ3n) is 6.40. The SMILES string of the molecule is C=CCCCC1CCC(C2CCC(OCCCCC)CC2)CC1. The summed E-state index contributed by atoms with van der Waals surface area (Å²) in [6.45, 7) is 7.10. The van der Waals surface area contributed by atoms with Gasteiger partial charge in [0.2, 0.25) is 0 Å². The summed E-state index contributed by atoms with van der Waals surface area (Å²) in [7, 11) is 0. The lowest BCUT2D eigenvalue weighted by Crippen LogP contribution is -2.28. The molecule has 0 spiro atoms. The van der Waals surface area contributed by atoms with Gasteiger partial charge in [-0.2, -0.15) is 0 Å². The van der Waals surface area contributed by atoms with E-state index < -0.39 is 0 Å². The summed E-state index contributed by atoms with van der Waals surface area (Å²) in [5, 5.41) is 0. The van der Waals surface area contributed by atoms with E-state index in [9.17, 15) is 0 Å². The Hall–Kier alpha value is -0.300. The van der Waals surface area contributed by atoms with Crippen LogP contribution in [0.3, 0.4) is 0 Å². The zero-order chi connectivity index (χ0) is 16.3. The lowest BCUT2D eigenvalue weighted by molar-refractivity contribution is 0.00540. The topological polar surface area (TPSA) is 9.23 Å². The molecular weight excluding hydrogens is 280 g/mol. The van der Waals surface area contributed by atoms with Crippen LogP contribution in [0.5, 0.6) is 0 Å². The van der Waals surface area contributed by atoms with Crippen molar-refractivity contribution >= 4 is 0 Å². The smallest absolute Gasteiger partial charge is 0.0575 e. The van der Waals surface area contributed by atoms with Crippen LogP contribution in [0.25, 0.3) is 0 Å². The molecule has 0 aliphatic heterocycles. The predicted molar refractivity (Wildman–Crippen MR) is 101 cm³/mol. The summed E-state index contributed by atoms with van der Waals surface area (Å²) in [6, 6.07) is 0. The van der Waals surface area contributed by atoms with Crippen LogP contribution in [-0.2, 0) is 4.74 Å². The molecule has 0 aromatic rings. The third kappa shape index (κ3) is 6.99. The molecule has 0 radical (unpaired) electrons. The van der Waals surface area contributed by atoms with Crippen molar-refractivity contribution in [3.05, 3.63) is 12.7 Å². The van der Waals surface area contributed by atoms with Crippen LogP contribution in [0.15, 0.2) is 12.7 Å². The molecule has 23 heavy (non-hydrogen) atoms. The van der Waals surface area contributed by atoms with Crippen LogP contribution < -0.4 is 0 Å². The molecule has 2 rings (SSSR count). The van der Waals surface area contributed by atoms with E-state index in [4.69, 9.17) is 4.74 Å². The third-order valence-corrected chi connectivity index (χ3v) is 6.40. The molecule has 0 atom stereocenters. The first-order valence-corrected chi connectivity index (χ1v) is 10.6. The van der Waals surface area contributed by atoms with Crippen molar-refractivity contribution in [2.75, 3.05) is 6.61 Å². The average Bonchev–Trinajstić information content (AvgIpc) is 2.60. The number of unbranched alkanes of at least 4 members (excludes halogenated alkanes) is 3. The highest BCUT2D eigenvalue weighted by Crippen LogP contribution is 2.41. The molecule has 1 heteroatoms. The Bertz CT molecular complexity index is 295. The molecule has 0 unspecified atom stereocenters. The minimum Gasteiger partial charge on any atom is -0.378 e. The van der Waals surface area contributed by atoms with Crippen LogP contribution in [0.2, 0.25) is 0 Å². The largest absolute Gasteiger partial charge is 0.378 e. The van der Waals surface area contributed by atoms with E-state index in [1.54, 1.807) is 0 Å². The van der Waals surface area contributed by atoms with Gasteiger partial charge in [-0.1, -0.05) is 45.1 Å². The van der Waals surface area contributed by atoms with E-state index in [-0.39, 0.29) is 0 Å². The first-order chi connectivity index (χ1) is 11.3. The van der Waals surface area contributed by atoms with E-state index in [0.29, 0.717) is 6.10 Å². The predicted octanol–water partition coefficient (Wildman–Crippen LogP) is 6.91. The lowest BCUT2D eigenvalue weighted by Gasteiger charge is -2.37. The maximum atomic E-state index is 6.08. The maximum absolute atomic E-state index is 6.08. The second-order valence-electron chi connectivity index (χ2n) is 8.12. The fraction of sp³-hybridized carbons (Fsp3) is 0.909. The zero-order valence-electron chi connectivity index (χ0n) is 15.6. The molecule has 134 valence electrons. The Morgan fingerprint density at radius 3 is 2.13 bits per heavy atom.